The molecule has 0 unspecified atom stereocenters. The van der Waals surface area contributed by atoms with Gasteiger partial charge in [0.15, 0.2) is 5.17 Å². The summed E-state index contributed by atoms with van der Waals surface area (Å²) in [5.74, 6) is 0.198. The molecule has 2 aliphatic heterocycles. The van der Waals surface area contributed by atoms with Gasteiger partial charge in [-0.25, -0.2) is 14.4 Å². The van der Waals surface area contributed by atoms with Crippen LogP contribution in [0.25, 0.3) is 0 Å². The molecule has 3 atom stereocenters. The van der Waals surface area contributed by atoms with E-state index in [9.17, 15) is 9.18 Å². The molecule has 1 fully saturated rings. The molecule has 0 spiro atoms. The maximum Gasteiger partial charge on any atom is 0.274 e. The van der Waals surface area contributed by atoms with Crippen molar-refractivity contribution in [2.75, 3.05) is 24.3 Å². The van der Waals surface area contributed by atoms with Crippen molar-refractivity contribution in [3.05, 3.63) is 58.6 Å². The maximum atomic E-state index is 15.0. The third kappa shape index (κ3) is 3.84. The van der Waals surface area contributed by atoms with Crippen molar-refractivity contribution < 1.29 is 13.9 Å². The highest BCUT2D eigenvalue weighted by Gasteiger charge is 2.50. The number of amidine groups is 1. The number of rotatable bonds is 3. The fraction of sp³-hybridized carbons (Fsp3) is 0.350. The molecule has 3 heterocycles. The van der Waals surface area contributed by atoms with Gasteiger partial charge in [0.2, 0.25) is 0 Å². The molecule has 152 valence electrons. The average molecular weight is 435 g/mol. The van der Waals surface area contributed by atoms with E-state index in [-0.39, 0.29) is 24.1 Å². The predicted octanol–water partition coefficient (Wildman–Crippen LogP) is 3.67. The van der Waals surface area contributed by atoms with Gasteiger partial charge in [0.05, 0.1) is 11.6 Å². The van der Waals surface area contributed by atoms with E-state index in [2.05, 4.69) is 22.2 Å². The number of nitrogens with zero attached hydrogens (tertiary/aromatic N) is 2. The Balaban J connectivity index is 1.70. The second kappa shape index (κ2) is 7.93. The van der Waals surface area contributed by atoms with E-state index in [1.54, 1.807) is 12.1 Å². The van der Waals surface area contributed by atoms with Crippen molar-refractivity contribution in [2.24, 2.45) is 22.6 Å². The van der Waals surface area contributed by atoms with Crippen LogP contribution >= 0.6 is 23.4 Å². The number of thioether (sulfide) groups is 1. The lowest BCUT2D eigenvalue weighted by Crippen LogP contribution is -2.51. The zero-order valence-electron chi connectivity index (χ0n) is 15.7. The highest BCUT2D eigenvalue weighted by atomic mass is 35.5. The van der Waals surface area contributed by atoms with Crippen LogP contribution in [0.15, 0.2) is 41.5 Å². The van der Waals surface area contributed by atoms with Gasteiger partial charge in [0, 0.05) is 35.7 Å². The van der Waals surface area contributed by atoms with Crippen molar-refractivity contribution in [3.63, 3.8) is 0 Å². The number of fused-ring (bicyclic) bond motifs is 1. The number of hydrogen-bond donors (Lipinski definition) is 2. The molecule has 3 N–H and O–H groups in total. The number of hydrogen-bond acceptors (Lipinski definition) is 6. The summed E-state index contributed by atoms with van der Waals surface area (Å²) in [4.78, 5) is 21.2. The lowest BCUT2D eigenvalue weighted by molar-refractivity contribution is -0.0339. The first-order valence-electron chi connectivity index (χ1n) is 9.18. The van der Waals surface area contributed by atoms with Crippen LogP contribution in [0.1, 0.15) is 23.0 Å². The van der Waals surface area contributed by atoms with Gasteiger partial charge in [0.1, 0.15) is 17.1 Å². The van der Waals surface area contributed by atoms with Crippen molar-refractivity contribution in [2.45, 2.75) is 12.5 Å². The fourth-order valence-electron chi connectivity index (χ4n) is 3.89. The molecule has 1 aromatic heterocycles. The minimum atomic E-state index is -0.906. The summed E-state index contributed by atoms with van der Waals surface area (Å²) in [5.41, 5.74) is 6.14. The molecule has 9 heteroatoms. The zero-order valence-corrected chi connectivity index (χ0v) is 17.3. The number of benzene rings is 1. The van der Waals surface area contributed by atoms with Crippen molar-refractivity contribution in [1.82, 2.24) is 4.98 Å². The van der Waals surface area contributed by atoms with Gasteiger partial charge >= 0.3 is 0 Å². The van der Waals surface area contributed by atoms with E-state index in [1.165, 1.54) is 36.2 Å². The summed E-state index contributed by atoms with van der Waals surface area (Å²) in [6.45, 7) is 2.92. The fourth-order valence-corrected chi connectivity index (χ4v) is 5.19. The van der Waals surface area contributed by atoms with Gasteiger partial charge in [-0.15, -0.1) is 0 Å². The third-order valence-corrected chi connectivity index (χ3v) is 6.51. The first-order chi connectivity index (χ1) is 13.9. The largest absolute Gasteiger partial charge is 0.379 e. The van der Waals surface area contributed by atoms with E-state index in [4.69, 9.17) is 22.1 Å². The van der Waals surface area contributed by atoms with E-state index in [0.717, 1.165) is 5.75 Å². The quantitative estimate of drug-likeness (QED) is 0.769. The average Bonchev–Trinajstić information content (AvgIpc) is 2.69. The summed E-state index contributed by atoms with van der Waals surface area (Å²) in [5, 5.41) is 3.61. The Bertz CT molecular complexity index is 971. The normalized spacial score (nSPS) is 26.4. The van der Waals surface area contributed by atoms with Gasteiger partial charge < -0.3 is 15.8 Å². The Hall–Kier alpha value is -2.16. The Morgan fingerprint density at radius 1 is 1.41 bits per heavy atom. The van der Waals surface area contributed by atoms with Crippen LogP contribution in [0.4, 0.5) is 10.1 Å². The van der Waals surface area contributed by atoms with Crippen LogP contribution in [0.2, 0.25) is 5.02 Å². The van der Waals surface area contributed by atoms with Crippen molar-refractivity contribution in [3.8, 4) is 0 Å². The number of ether oxygens (including phenoxy) is 1. The van der Waals surface area contributed by atoms with Gasteiger partial charge in [-0.3, -0.25) is 4.79 Å². The van der Waals surface area contributed by atoms with E-state index < -0.39 is 17.3 Å². The summed E-state index contributed by atoms with van der Waals surface area (Å²) in [6, 6.07) is 7.57. The summed E-state index contributed by atoms with van der Waals surface area (Å²) < 4.78 is 20.7. The molecule has 0 radical (unpaired) electrons. The molecule has 2 aliphatic rings. The smallest absolute Gasteiger partial charge is 0.274 e. The SMILES string of the molecule is C[C@@H]1COC[C@]2(c3cc(NC(=O)c4ccc(Cl)cn4)ccc3F)N=C(N)SC[C@H]12. The second-order valence-electron chi connectivity index (χ2n) is 7.29. The number of nitrogens with two attached hydrogens (primary N) is 1. The molecule has 1 aromatic carbocycles. The molecule has 6 nitrogen and oxygen atoms in total. The van der Waals surface area contributed by atoms with Crippen molar-refractivity contribution in [1.29, 1.82) is 0 Å². The topological polar surface area (TPSA) is 89.6 Å². The van der Waals surface area contributed by atoms with Crippen LogP contribution < -0.4 is 11.1 Å². The van der Waals surface area contributed by atoms with Crippen LogP contribution in [0.5, 0.6) is 0 Å². The lowest BCUT2D eigenvalue weighted by atomic mass is 9.72. The van der Waals surface area contributed by atoms with E-state index >= 15 is 0 Å². The zero-order chi connectivity index (χ0) is 20.6. The number of amides is 1. The molecule has 4 rings (SSSR count). The number of nitrogens with one attached hydrogen (secondary N) is 1. The minimum Gasteiger partial charge on any atom is -0.379 e. The molecular weight excluding hydrogens is 415 g/mol. The first-order valence-corrected chi connectivity index (χ1v) is 10.5. The molecule has 1 saturated heterocycles. The van der Waals surface area contributed by atoms with Gasteiger partial charge in [-0.05, 0) is 36.2 Å². The Kier molecular flexibility index (Phi) is 5.50. The summed E-state index contributed by atoms with van der Waals surface area (Å²) >= 11 is 7.30. The van der Waals surface area contributed by atoms with Crippen molar-refractivity contribution >= 4 is 40.1 Å². The number of halogens is 2. The number of aliphatic imine (C=N–C) groups is 1. The molecule has 0 aliphatic carbocycles. The molecule has 0 bridgehead atoms. The van der Waals surface area contributed by atoms with Gasteiger partial charge in [-0.2, -0.15) is 0 Å². The van der Waals surface area contributed by atoms with Crippen LogP contribution in [0.3, 0.4) is 0 Å². The summed E-state index contributed by atoms with van der Waals surface area (Å²) in [7, 11) is 0. The van der Waals surface area contributed by atoms with Crippen LogP contribution in [0, 0.1) is 17.7 Å². The van der Waals surface area contributed by atoms with Crippen LogP contribution in [-0.2, 0) is 10.3 Å². The lowest BCUT2D eigenvalue weighted by Gasteiger charge is -2.47. The van der Waals surface area contributed by atoms with E-state index in [0.29, 0.717) is 28.0 Å². The third-order valence-electron chi connectivity index (χ3n) is 5.37. The van der Waals surface area contributed by atoms with Gasteiger partial charge in [0.25, 0.3) is 5.91 Å². The highest BCUT2D eigenvalue weighted by molar-refractivity contribution is 8.13. The maximum absolute atomic E-state index is 15.0. The predicted molar refractivity (Wildman–Crippen MR) is 113 cm³/mol. The Labute approximate surface area is 177 Å². The number of pyridine rings is 1. The molecule has 29 heavy (non-hydrogen) atoms. The van der Waals surface area contributed by atoms with Crippen LogP contribution in [-0.4, -0.2) is 35.0 Å². The molecular formula is C20H20ClFN4O2S. The second-order valence-corrected chi connectivity index (χ2v) is 8.77. The number of aromatic nitrogens is 1. The highest BCUT2D eigenvalue weighted by Crippen LogP contribution is 2.47. The number of carbonyl (C=O) groups is 1. The number of carbonyl (C=O) groups excluding carboxylic acids is 1. The van der Waals surface area contributed by atoms with Gasteiger partial charge in [-0.1, -0.05) is 30.3 Å². The Morgan fingerprint density at radius 2 is 2.24 bits per heavy atom. The summed E-state index contributed by atoms with van der Waals surface area (Å²) in [6.07, 6.45) is 1.40. The standard InChI is InChI=1S/C20H20ClFN4O2S/c1-11-8-28-10-20(15(11)9-29-19(23)26-20)14-6-13(3-4-16(14)22)25-18(27)17-5-2-12(21)7-24-17/h2-7,11,15H,8-10H2,1H3,(H2,23,26)(H,25,27)/t11-,15-,20-/m1/s1. The number of anilines is 1. The van der Waals surface area contributed by atoms with E-state index in [1.807, 2.05) is 0 Å². The molecule has 2 aromatic rings. The first kappa shape index (κ1) is 20.1. The Morgan fingerprint density at radius 3 is 3.00 bits per heavy atom. The minimum absolute atomic E-state index is 0.0759. The molecule has 0 saturated carbocycles. The monoisotopic (exact) mass is 434 g/mol. The molecule has 1 amide bonds.